The van der Waals surface area contributed by atoms with Crippen LogP contribution in [0.25, 0.3) is 0 Å². The minimum absolute atomic E-state index is 0.0563. The summed E-state index contributed by atoms with van der Waals surface area (Å²) in [5.41, 5.74) is 0.622. The number of carbonyl (C=O) groups excluding carboxylic acids is 4. The molecule has 0 aliphatic carbocycles. The van der Waals surface area contributed by atoms with Crippen LogP contribution in [0, 0.1) is 16.2 Å². The number of allylic oxidation sites excluding steroid dienone is 1. The molecular weight excluding hydrogens is 1270 g/mol. The van der Waals surface area contributed by atoms with Gasteiger partial charge in [0.2, 0.25) is 0 Å². The largest absolute Gasteiger partial charge is 0.465 e. The average molecular weight is 1420 g/mol. The number of esters is 4. The van der Waals surface area contributed by atoms with Crippen molar-refractivity contribution in [1.29, 1.82) is 0 Å². The molecule has 0 N–H and O–H groups in total. The molecule has 0 radical (unpaired) electrons. The molecule has 0 atom stereocenters. The summed E-state index contributed by atoms with van der Waals surface area (Å²) < 4.78 is 85.8. The van der Waals surface area contributed by atoms with E-state index in [4.69, 9.17) is 80.5 Å². The first-order valence-corrected chi connectivity index (χ1v) is 36.7. The molecule has 0 bridgehead atoms. The summed E-state index contributed by atoms with van der Waals surface area (Å²) in [4.78, 5) is 43.1. The zero-order valence-electron chi connectivity index (χ0n) is 64.9. The molecule has 0 amide bonds. The first-order chi connectivity index (χ1) is 47.9. The molecule has 3 saturated heterocycles. The first kappa shape index (κ1) is 104. The summed E-state index contributed by atoms with van der Waals surface area (Å²) in [7, 11) is 10.2. The molecule has 586 valence electrons. The number of methoxy groups -OCH3 is 6. The lowest BCUT2D eigenvalue weighted by Crippen LogP contribution is -2.44. The van der Waals surface area contributed by atoms with E-state index in [1.807, 2.05) is 19.1 Å². The molecular formula is C78H148O21. The molecule has 0 unspecified atom stereocenters. The van der Waals surface area contributed by atoms with Crippen LogP contribution in [0.3, 0.4) is 0 Å². The van der Waals surface area contributed by atoms with Gasteiger partial charge >= 0.3 is 23.9 Å². The fraction of sp³-hybridized carbons (Fsp3) is 0.821. The number of rotatable bonds is 58. The van der Waals surface area contributed by atoms with Gasteiger partial charge in [-0.3, -0.25) is 4.79 Å². The second kappa shape index (κ2) is 84.7. The van der Waals surface area contributed by atoms with Gasteiger partial charge in [-0.15, -0.1) is 13.2 Å². The van der Waals surface area contributed by atoms with Crippen molar-refractivity contribution in [3.63, 3.8) is 0 Å². The predicted octanol–water partition coefficient (Wildman–Crippen LogP) is 15.2. The molecule has 3 aliphatic heterocycles. The molecule has 21 heteroatoms. The Morgan fingerprint density at radius 3 is 1.00 bits per heavy atom. The van der Waals surface area contributed by atoms with Gasteiger partial charge in [0.25, 0.3) is 0 Å². The SMILES string of the molecule is C=CC(=O)OCCCCCCCCOC.C=CC(=O)OCCCCCCOC.C=CC(=O)OCCCCOC.C=CCCCCCCOC.C=CCCOC.CCCCCCC(=O)OCC1(C)COC1.CCOCCCCCOCC1(C)COC1.COCCOCCOCC1(C)COC1. The third-order valence-corrected chi connectivity index (χ3v) is 14.5. The zero-order valence-corrected chi connectivity index (χ0v) is 64.9. The topological polar surface area (TPSA) is 225 Å². The highest BCUT2D eigenvalue weighted by molar-refractivity contribution is 5.81. The van der Waals surface area contributed by atoms with Crippen molar-refractivity contribution in [2.75, 3.05) is 201 Å². The Hall–Kier alpha value is -3.94. The molecule has 3 heterocycles. The maximum absolute atomic E-state index is 11.3. The quantitative estimate of drug-likeness (QED) is 0.0181. The van der Waals surface area contributed by atoms with E-state index in [9.17, 15) is 19.2 Å². The number of unbranched alkanes of at least 4 members (excludes halogenated alkanes) is 18. The molecule has 3 rings (SSSR count). The Labute approximate surface area is 603 Å². The van der Waals surface area contributed by atoms with E-state index in [1.54, 1.807) is 42.7 Å². The number of hydrogen-bond acceptors (Lipinski definition) is 21. The van der Waals surface area contributed by atoms with Crippen LogP contribution in [-0.4, -0.2) is 225 Å². The summed E-state index contributed by atoms with van der Waals surface area (Å²) in [5, 5.41) is 0. The molecule has 0 aromatic carbocycles. The van der Waals surface area contributed by atoms with Crippen molar-refractivity contribution in [1.82, 2.24) is 0 Å². The van der Waals surface area contributed by atoms with E-state index < -0.39 is 0 Å². The summed E-state index contributed by atoms with van der Waals surface area (Å²) in [5.74, 6) is -1.08. The zero-order chi connectivity index (χ0) is 74.7. The van der Waals surface area contributed by atoms with Crippen molar-refractivity contribution >= 4 is 23.9 Å². The molecule has 99 heavy (non-hydrogen) atoms. The maximum atomic E-state index is 11.3. The Bertz CT molecular complexity index is 1750. The molecule has 0 spiro atoms. The van der Waals surface area contributed by atoms with Crippen molar-refractivity contribution in [3.8, 4) is 0 Å². The van der Waals surface area contributed by atoms with Gasteiger partial charge in [-0.1, -0.05) is 124 Å². The average Bonchev–Trinajstić information content (AvgIpc) is 0.892. The van der Waals surface area contributed by atoms with E-state index in [1.165, 1.54) is 76.4 Å². The lowest BCUT2D eigenvalue weighted by molar-refractivity contribution is -0.165. The predicted molar refractivity (Wildman–Crippen MR) is 398 cm³/mol. The lowest BCUT2D eigenvalue weighted by Gasteiger charge is -2.37. The van der Waals surface area contributed by atoms with Crippen LogP contribution in [-0.2, 0) is 99.7 Å². The van der Waals surface area contributed by atoms with Crippen LogP contribution < -0.4 is 0 Å². The molecule has 3 fully saturated rings. The van der Waals surface area contributed by atoms with Gasteiger partial charge in [0.1, 0.15) is 6.61 Å². The van der Waals surface area contributed by atoms with Crippen LogP contribution in [0.1, 0.15) is 202 Å². The number of ether oxygens (including phenoxy) is 17. The normalized spacial score (nSPS) is 13.6. The van der Waals surface area contributed by atoms with Crippen LogP contribution >= 0.6 is 0 Å². The molecule has 0 saturated carbocycles. The highest BCUT2D eigenvalue weighted by atomic mass is 16.6. The van der Waals surface area contributed by atoms with Gasteiger partial charge in [-0.2, -0.15) is 0 Å². The Morgan fingerprint density at radius 2 is 0.636 bits per heavy atom. The second-order valence-electron chi connectivity index (χ2n) is 25.2. The second-order valence-corrected chi connectivity index (χ2v) is 25.2. The standard InChI is InChI=1S/C12H24O3.2C12H22O3.C10H20O4.C10H18O3.C9H18O.C8H14O3.C5H10O/c1-3-13-7-5-4-6-8-14-9-12(2)10-15-11-12;1-3-4-5-6-7-11(13)15-10-12(2)8-14-9-12;1-3-12(13)15-11-9-7-5-4-6-8-10-14-2;1-10(8-14-9-10)7-13-6-5-12-4-3-11-2;1-3-10(11)13-9-7-5-4-6-8-12-2;1-3-4-5-6-7-8-9-10-2;1-3-8(9)11-7-5-4-6-10-2;1-3-4-5-6-2/h3-11H2,1-2H3;3-10H2,1-2H3;3H,1,4-11H2,2H3;3-9H2,1-2H3;3H,1,4-9H2,2H3;3H,1,4-9H2,2H3;3H,1,4-7H2,2H3;3H,1,4-5H2,2H3. The molecule has 0 aromatic rings. The van der Waals surface area contributed by atoms with Crippen LogP contribution in [0.15, 0.2) is 63.3 Å². The Kier molecular flexibility index (Phi) is 88.7. The van der Waals surface area contributed by atoms with Crippen molar-refractivity contribution < 1.29 is 99.7 Å². The van der Waals surface area contributed by atoms with Crippen molar-refractivity contribution in [2.24, 2.45) is 16.2 Å². The van der Waals surface area contributed by atoms with E-state index in [0.717, 1.165) is 201 Å². The first-order valence-electron chi connectivity index (χ1n) is 36.7. The Balaban J connectivity index is -0.000000344. The smallest absolute Gasteiger partial charge is 0.330 e. The monoisotopic (exact) mass is 1420 g/mol. The molecule has 0 aromatic heterocycles. The van der Waals surface area contributed by atoms with Crippen molar-refractivity contribution in [2.45, 2.75) is 202 Å². The van der Waals surface area contributed by atoms with Gasteiger partial charge in [-0.05, 0) is 103 Å². The van der Waals surface area contributed by atoms with E-state index in [-0.39, 0.29) is 34.7 Å². The van der Waals surface area contributed by atoms with Crippen LogP contribution in [0.4, 0.5) is 0 Å². The number of carbonyl (C=O) groups is 4. The summed E-state index contributed by atoms with van der Waals surface area (Å²) >= 11 is 0. The van der Waals surface area contributed by atoms with E-state index in [0.29, 0.717) is 71.3 Å². The van der Waals surface area contributed by atoms with E-state index >= 15 is 0 Å². The maximum Gasteiger partial charge on any atom is 0.330 e. The number of hydrogen-bond donors (Lipinski definition) is 0. The Morgan fingerprint density at radius 1 is 0.323 bits per heavy atom. The fourth-order valence-electron chi connectivity index (χ4n) is 8.24. The van der Waals surface area contributed by atoms with Crippen LogP contribution in [0.2, 0.25) is 0 Å². The van der Waals surface area contributed by atoms with Crippen LogP contribution in [0.5, 0.6) is 0 Å². The fourth-order valence-corrected chi connectivity index (χ4v) is 8.24. The van der Waals surface area contributed by atoms with Gasteiger partial charge in [0, 0.05) is 136 Å². The third kappa shape index (κ3) is 86.4. The summed E-state index contributed by atoms with van der Waals surface area (Å²) in [6.07, 6.45) is 36.0. The molecule has 3 aliphatic rings. The van der Waals surface area contributed by atoms with Crippen molar-refractivity contribution in [3.05, 3.63) is 63.3 Å². The summed E-state index contributed by atoms with van der Waals surface area (Å²) in [6.45, 7) is 45.4. The minimum Gasteiger partial charge on any atom is -0.465 e. The van der Waals surface area contributed by atoms with Gasteiger partial charge < -0.3 is 80.5 Å². The van der Waals surface area contributed by atoms with Gasteiger partial charge in [-0.25, -0.2) is 14.4 Å². The van der Waals surface area contributed by atoms with Gasteiger partial charge in [0.05, 0.1) is 99.1 Å². The summed E-state index contributed by atoms with van der Waals surface area (Å²) in [6, 6.07) is 0. The molecule has 21 nitrogen and oxygen atoms in total. The van der Waals surface area contributed by atoms with E-state index in [2.05, 4.69) is 60.6 Å². The highest BCUT2D eigenvalue weighted by Gasteiger charge is 2.35. The minimum atomic E-state index is -0.359. The lowest BCUT2D eigenvalue weighted by atomic mass is 9.90. The highest BCUT2D eigenvalue weighted by Crippen LogP contribution is 2.28. The van der Waals surface area contributed by atoms with Gasteiger partial charge in [0.15, 0.2) is 0 Å². The third-order valence-electron chi connectivity index (χ3n) is 14.5.